The molecule has 0 radical (unpaired) electrons. The first-order valence-corrected chi connectivity index (χ1v) is 14.7. The third-order valence-electron chi connectivity index (χ3n) is 7.26. The summed E-state index contributed by atoms with van der Waals surface area (Å²) >= 11 is 0. The number of hydrogen-bond donors (Lipinski definition) is 0. The number of imidazole rings is 1. The Balaban J connectivity index is 1.52. The minimum absolute atomic E-state index is 0.123. The van der Waals surface area contributed by atoms with Crippen molar-refractivity contribution in [2.45, 2.75) is 136 Å². The van der Waals surface area contributed by atoms with Gasteiger partial charge in [0.25, 0.3) is 5.56 Å². The number of ether oxygens (including phenoxy) is 1. The topological polar surface area (TPSA) is 88.1 Å². The number of carbonyl (C=O) groups excluding carboxylic acids is 1. The summed E-state index contributed by atoms with van der Waals surface area (Å²) in [6.07, 6.45) is 20.7. The molecule has 0 bridgehead atoms. The first-order valence-electron chi connectivity index (χ1n) is 14.7. The lowest BCUT2D eigenvalue weighted by atomic mass is 10.0. The lowest BCUT2D eigenvalue weighted by Crippen LogP contribution is -2.39. The normalized spacial score (nSPS) is 12.3. The van der Waals surface area contributed by atoms with Crippen LogP contribution < -0.4 is 11.2 Å². The van der Waals surface area contributed by atoms with Crippen LogP contribution in [0.4, 0.5) is 0 Å². The van der Waals surface area contributed by atoms with E-state index in [0.717, 1.165) is 19.3 Å². The second-order valence-corrected chi connectivity index (χ2v) is 10.6. The van der Waals surface area contributed by atoms with E-state index < -0.39 is 0 Å². The van der Waals surface area contributed by atoms with Crippen LogP contribution in [0.5, 0.6) is 0 Å². The van der Waals surface area contributed by atoms with E-state index in [9.17, 15) is 14.4 Å². The van der Waals surface area contributed by atoms with Gasteiger partial charge in [-0.15, -0.1) is 0 Å². The van der Waals surface area contributed by atoms with Crippen LogP contribution in [-0.4, -0.2) is 30.8 Å². The van der Waals surface area contributed by atoms with E-state index in [-0.39, 0.29) is 23.3 Å². The number of hydrogen-bond acceptors (Lipinski definition) is 5. The lowest BCUT2D eigenvalue weighted by Gasteiger charge is -2.13. The molecule has 0 saturated heterocycles. The molecule has 0 spiro atoms. The summed E-state index contributed by atoms with van der Waals surface area (Å²) in [6.45, 7) is 4.51. The maximum atomic E-state index is 12.7. The first kappa shape index (κ1) is 30.8. The van der Waals surface area contributed by atoms with Gasteiger partial charge in [-0.2, -0.15) is 0 Å². The van der Waals surface area contributed by atoms with E-state index in [1.807, 2.05) is 6.92 Å². The Hall–Kier alpha value is -2.38. The Morgan fingerprint density at radius 1 is 0.865 bits per heavy atom. The van der Waals surface area contributed by atoms with Crippen molar-refractivity contribution >= 4 is 17.1 Å². The Kier molecular flexibility index (Phi) is 14.3. The zero-order valence-electron chi connectivity index (χ0n) is 23.8. The van der Waals surface area contributed by atoms with Crippen molar-refractivity contribution in [2.75, 3.05) is 0 Å². The van der Waals surface area contributed by atoms with Gasteiger partial charge in [0, 0.05) is 27.1 Å². The SMILES string of the molecule is CCCCCCCCCCCCCCCC(=O)OC(C)CCCCn1c(=O)c2c(ncn2C)n(C)c1=O. The lowest BCUT2D eigenvalue weighted by molar-refractivity contribution is -0.148. The first-order chi connectivity index (χ1) is 17.9. The van der Waals surface area contributed by atoms with Gasteiger partial charge in [0.1, 0.15) is 0 Å². The molecule has 0 aliphatic carbocycles. The van der Waals surface area contributed by atoms with Crippen LogP contribution in [-0.2, 0) is 30.2 Å². The van der Waals surface area contributed by atoms with E-state index in [4.69, 9.17) is 4.74 Å². The summed E-state index contributed by atoms with van der Waals surface area (Å²) in [7, 11) is 3.38. The number of esters is 1. The molecule has 0 aliphatic heterocycles. The summed E-state index contributed by atoms with van der Waals surface area (Å²) in [6, 6.07) is 0. The number of unbranched alkanes of at least 4 members (excludes halogenated alkanes) is 13. The minimum Gasteiger partial charge on any atom is -0.463 e. The standard InChI is InChI=1S/C29H50N4O4/c1-5-6-7-8-9-10-11-12-13-14-15-16-17-21-25(34)37-24(2)20-18-19-22-33-28(35)26-27(30-23-31(26)3)32(4)29(33)36/h23-24H,5-22H2,1-4H3. The number of carbonyl (C=O) groups is 1. The fourth-order valence-electron chi connectivity index (χ4n) is 4.92. The van der Waals surface area contributed by atoms with Crippen LogP contribution in [0.15, 0.2) is 15.9 Å². The molecule has 0 fully saturated rings. The average Bonchev–Trinajstić information content (AvgIpc) is 3.26. The van der Waals surface area contributed by atoms with Gasteiger partial charge in [-0.05, 0) is 32.6 Å². The van der Waals surface area contributed by atoms with E-state index in [0.29, 0.717) is 37.0 Å². The third kappa shape index (κ3) is 10.5. The average molecular weight is 519 g/mol. The molecule has 2 rings (SSSR count). The monoisotopic (exact) mass is 518 g/mol. The van der Waals surface area contributed by atoms with Gasteiger partial charge in [0.15, 0.2) is 11.2 Å². The van der Waals surface area contributed by atoms with Gasteiger partial charge < -0.3 is 9.30 Å². The Morgan fingerprint density at radius 3 is 2.03 bits per heavy atom. The molecule has 37 heavy (non-hydrogen) atoms. The second-order valence-electron chi connectivity index (χ2n) is 10.6. The minimum atomic E-state index is -0.353. The Morgan fingerprint density at radius 2 is 1.43 bits per heavy atom. The number of aromatic nitrogens is 4. The maximum Gasteiger partial charge on any atom is 0.332 e. The molecule has 8 nitrogen and oxygen atoms in total. The summed E-state index contributed by atoms with van der Waals surface area (Å²) < 4.78 is 9.89. The maximum absolute atomic E-state index is 12.7. The van der Waals surface area contributed by atoms with Gasteiger partial charge >= 0.3 is 11.7 Å². The highest BCUT2D eigenvalue weighted by Crippen LogP contribution is 2.14. The van der Waals surface area contributed by atoms with E-state index in [1.54, 1.807) is 25.0 Å². The fraction of sp³-hybridized carbons (Fsp3) is 0.793. The summed E-state index contributed by atoms with van der Waals surface area (Å²) in [5, 5.41) is 0. The number of fused-ring (bicyclic) bond motifs is 1. The number of aryl methyl sites for hydroxylation is 2. The molecule has 2 aromatic heterocycles. The van der Waals surface area contributed by atoms with Crippen molar-refractivity contribution in [2.24, 2.45) is 14.1 Å². The molecular weight excluding hydrogens is 468 g/mol. The molecule has 2 heterocycles. The molecule has 2 aromatic rings. The van der Waals surface area contributed by atoms with Crippen molar-refractivity contribution in [3.63, 3.8) is 0 Å². The molecule has 0 aromatic carbocycles. The molecular formula is C29H50N4O4. The van der Waals surface area contributed by atoms with Gasteiger partial charge in [-0.25, -0.2) is 9.78 Å². The van der Waals surface area contributed by atoms with E-state index in [1.165, 1.54) is 79.8 Å². The molecule has 8 heteroatoms. The highest BCUT2D eigenvalue weighted by atomic mass is 16.5. The molecule has 0 amide bonds. The van der Waals surface area contributed by atoms with Crippen LogP contribution in [0, 0.1) is 0 Å². The summed E-state index contributed by atoms with van der Waals surface area (Å²) in [4.78, 5) is 41.6. The number of nitrogens with zero attached hydrogens (tertiary/aromatic N) is 4. The van der Waals surface area contributed by atoms with Crippen molar-refractivity contribution in [3.8, 4) is 0 Å². The predicted molar refractivity (Wildman–Crippen MR) is 150 cm³/mol. The van der Waals surface area contributed by atoms with Crippen LogP contribution in [0.3, 0.4) is 0 Å². The highest BCUT2D eigenvalue weighted by Gasteiger charge is 2.15. The molecule has 1 unspecified atom stereocenters. The van der Waals surface area contributed by atoms with Crippen LogP contribution in [0.25, 0.3) is 11.2 Å². The van der Waals surface area contributed by atoms with Crippen LogP contribution in [0.1, 0.15) is 123 Å². The van der Waals surface area contributed by atoms with E-state index in [2.05, 4.69) is 11.9 Å². The van der Waals surface area contributed by atoms with Crippen molar-refractivity contribution in [3.05, 3.63) is 27.2 Å². The summed E-state index contributed by atoms with van der Waals surface area (Å²) in [5.74, 6) is -0.123. The van der Waals surface area contributed by atoms with Gasteiger partial charge in [0.05, 0.1) is 12.4 Å². The third-order valence-corrected chi connectivity index (χ3v) is 7.26. The fourth-order valence-corrected chi connectivity index (χ4v) is 4.92. The predicted octanol–water partition coefficient (Wildman–Crippen LogP) is 6.02. The molecule has 0 saturated carbocycles. The van der Waals surface area contributed by atoms with Gasteiger partial charge in [0.2, 0.25) is 0 Å². The van der Waals surface area contributed by atoms with Gasteiger partial charge in [-0.1, -0.05) is 84.0 Å². The Bertz CT molecular complexity index is 1050. The van der Waals surface area contributed by atoms with Crippen molar-refractivity contribution < 1.29 is 9.53 Å². The van der Waals surface area contributed by atoms with Crippen LogP contribution in [0.2, 0.25) is 0 Å². The van der Waals surface area contributed by atoms with E-state index >= 15 is 0 Å². The largest absolute Gasteiger partial charge is 0.463 e. The molecule has 210 valence electrons. The molecule has 0 aliphatic rings. The van der Waals surface area contributed by atoms with Crippen molar-refractivity contribution in [1.29, 1.82) is 0 Å². The second kappa shape index (κ2) is 17.2. The van der Waals surface area contributed by atoms with Crippen LogP contribution >= 0.6 is 0 Å². The van der Waals surface area contributed by atoms with Crippen molar-refractivity contribution in [1.82, 2.24) is 18.7 Å². The number of rotatable bonds is 20. The quantitative estimate of drug-likeness (QED) is 0.158. The molecule has 0 N–H and O–H groups in total. The van der Waals surface area contributed by atoms with Gasteiger partial charge in [-0.3, -0.25) is 18.7 Å². The zero-order chi connectivity index (χ0) is 27.0. The zero-order valence-corrected chi connectivity index (χ0v) is 23.8. The summed E-state index contributed by atoms with van der Waals surface area (Å²) in [5.41, 5.74) is 0.166. The smallest absolute Gasteiger partial charge is 0.332 e. The Labute approximate surface area is 222 Å². The molecule has 1 atom stereocenters. The highest BCUT2D eigenvalue weighted by molar-refractivity contribution is 5.70.